The summed E-state index contributed by atoms with van der Waals surface area (Å²) >= 11 is 0. The first-order chi connectivity index (χ1) is 9.26. The number of nitrogens with zero attached hydrogens (tertiary/aromatic N) is 1. The van der Waals surface area contributed by atoms with E-state index in [-0.39, 0.29) is 0 Å². The Morgan fingerprint density at radius 1 is 1.00 bits per heavy atom. The van der Waals surface area contributed by atoms with Gasteiger partial charge in [-0.2, -0.15) is 0 Å². The van der Waals surface area contributed by atoms with Crippen LogP contribution in [-0.4, -0.2) is 18.0 Å². The molecule has 0 atom stereocenters. The van der Waals surface area contributed by atoms with E-state index in [1.807, 2.05) is 0 Å². The molecule has 2 rings (SSSR count). The van der Waals surface area contributed by atoms with Crippen molar-refractivity contribution in [2.24, 2.45) is 21.6 Å². The van der Waals surface area contributed by atoms with Crippen LogP contribution in [0.1, 0.15) is 79.1 Å². The fourth-order valence-corrected chi connectivity index (χ4v) is 4.60. The van der Waals surface area contributed by atoms with Crippen molar-refractivity contribution in [3.05, 3.63) is 0 Å². The third-order valence-corrected chi connectivity index (χ3v) is 4.80. The van der Waals surface area contributed by atoms with Gasteiger partial charge in [0.05, 0.1) is 6.04 Å². The highest BCUT2D eigenvalue weighted by Crippen LogP contribution is 2.45. The number of hydrogen-bond donors (Lipinski definition) is 2. The van der Waals surface area contributed by atoms with Crippen LogP contribution in [0.25, 0.3) is 0 Å². The molecule has 3 nitrogen and oxygen atoms in total. The molecule has 0 aliphatic heterocycles. The van der Waals surface area contributed by atoms with Gasteiger partial charge >= 0.3 is 0 Å². The van der Waals surface area contributed by atoms with Gasteiger partial charge < -0.3 is 11.1 Å². The van der Waals surface area contributed by atoms with Crippen LogP contribution in [0.15, 0.2) is 4.99 Å². The predicted octanol–water partition coefficient (Wildman–Crippen LogP) is 3.83. The first-order valence-electron chi connectivity index (χ1n) is 8.36. The molecule has 3 N–H and O–H groups in total. The molecule has 0 aromatic heterocycles. The van der Waals surface area contributed by atoms with Gasteiger partial charge in [0.25, 0.3) is 0 Å². The molecule has 0 aromatic rings. The number of nitrogens with one attached hydrogen (secondary N) is 1. The number of nitrogens with two attached hydrogens (primary N) is 1. The largest absolute Gasteiger partial charge is 0.370 e. The van der Waals surface area contributed by atoms with Gasteiger partial charge in [-0.3, -0.25) is 4.99 Å². The van der Waals surface area contributed by atoms with Crippen molar-refractivity contribution in [2.75, 3.05) is 0 Å². The second kappa shape index (κ2) is 5.95. The topological polar surface area (TPSA) is 50.4 Å². The van der Waals surface area contributed by atoms with Gasteiger partial charge in [0.1, 0.15) is 0 Å². The van der Waals surface area contributed by atoms with Crippen LogP contribution in [-0.2, 0) is 0 Å². The third-order valence-electron chi connectivity index (χ3n) is 4.80. The van der Waals surface area contributed by atoms with E-state index in [1.54, 1.807) is 0 Å². The maximum atomic E-state index is 6.15. The zero-order chi connectivity index (χ0) is 14.8. The fourth-order valence-electron chi connectivity index (χ4n) is 4.60. The van der Waals surface area contributed by atoms with E-state index in [0.29, 0.717) is 28.9 Å². The smallest absolute Gasteiger partial charge is 0.189 e. The molecule has 3 heteroatoms. The Kier molecular flexibility index (Phi) is 4.66. The summed E-state index contributed by atoms with van der Waals surface area (Å²) in [6.45, 7) is 9.49. The first-order valence-corrected chi connectivity index (χ1v) is 8.36. The number of aliphatic imine (C=N–C) groups is 1. The summed E-state index contributed by atoms with van der Waals surface area (Å²) in [6.07, 6.45) is 10.1. The molecule has 0 spiro atoms. The van der Waals surface area contributed by atoms with E-state index in [2.05, 4.69) is 33.0 Å². The van der Waals surface area contributed by atoms with E-state index >= 15 is 0 Å². The van der Waals surface area contributed by atoms with Crippen molar-refractivity contribution in [1.29, 1.82) is 0 Å². The predicted molar refractivity (Wildman–Crippen MR) is 86.8 cm³/mol. The highest BCUT2D eigenvalue weighted by atomic mass is 15.1. The van der Waals surface area contributed by atoms with Crippen molar-refractivity contribution in [1.82, 2.24) is 5.32 Å². The van der Waals surface area contributed by atoms with Crippen LogP contribution in [0, 0.1) is 10.8 Å². The lowest BCUT2D eigenvalue weighted by Crippen LogP contribution is -2.48. The molecule has 0 saturated heterocycles. The average molecular weight is 279 g/mol. The second-order valence-electron chi connectivity index (χ2n) is 8.56. The van der Waals surface area contributed by atoms with Gasteiger partial charge in [0, 0.05) is 6.04 Å². The van der Waals surface area contributed by atoms with Gasteiger partial charge in [0.15, 0.2) is 5.96 Å². The summed E-state index contributed by atoms with van der Waals surface area (Å²) in [7, 11) is 0. The van der Waals surface area contributed by atoms with Crippen LogP contribution in [0.4, 0.5) is 0 Å². The Morgan fingerprint density at radius 3 is 2.10 bits per heavy atom. The van der Waals surface area contributed by atoms with Crippen LogP contribution in [0.2, 0.25) is 0 Å². The van der Waals surface area contributed by atoms with Gasteiger partial charge in [-0.1, -0.05) is 47.0 Å². The molecule has 20 heavy (non-hydrogen) atoms. The molecule has 0 heterocycles. The Hall–Kier alpha value is -0.730. The lowest BCUT2D eigenvalue weighted by atomic mass is 9.63. The summed E-state index contributed by atoms with van der Waals surface area (Å²) in [4.78, 5) is 4.71. The molecule has 0 aromatic carbocycles. The first kappa shape index (κ1) is 15.7. The minimum atomic E-state index is 0.393. The van der Waals surface area contributed by atoms with Crippen molar-refractivity contribution >= 4 is 5.96 Å². The normalized spacial score (nSPS) is 28.3. The molecule has 0 radical (unpaired) electrons. The lowest BCUT2D eigenvalue weighted by molar-refractivity contribution is 0.0920. The van der Waals surface area contributed by atoms with E-state index in [0.717, 1.165) is 0 Å². The monoisotopic (exact) mass is 279 g/mol. The molecular weight excluding hydrogens is 246 g/mol. The maximum absolute atomic E-state index is 6.15. The van der Waals surface area contributed by atoms with Crippen LogP contribution in [0.3, 0.4) is 0 Å². The Bertz CT molecular complexity index is 335. The van der Waals surface area contributed by atoms with Crippen LogP contribution in [0.5, 0.6) is 0 Å². The van der Waals surface area contributed by atoms with Gasteiger partial charge in [-0.05, 0) is 42.9 Å². The van der Waals surface area contributed by atoms with Crippen molar-refractivity contribution in [3.8, 4) is 0 Å². The highest BCUT2D eigenvalue weighted by Gasteiger charge is 2.38. The SMILES string of the molecule is CC1(C)CC(NC(N)=NC2CCCCC2)CC(C)(C)C1. The standard InChI is InChI=1S/C17H33N3/c1-16(2)10-14(11-17(3,4)12-16)20-15(18)19-13-8-6-5-7-9-13/h13-14H,5-12H2,1-4H3,(H3,18,19,20). The molecule has 0 amide bonds. The van der Waals surface area contributed by atoms with E-state index < -0.39 is 0 Å². The molecule has 116 valence electrons. The van der Waals surface area contributed by atoms with Gasteiger partial charge in [-0.25, -0.2) is 0 Å². The molecule has 0 bridgehead atoms. The molecular formula is C17H33N3. The van der Waals surface area contributed by atoms with E-state index in [1.165, 1.54) is 51.4 Å². The van der Waals surface area contributed by atoms with E-state index in [4.69, 9.17) is 10.7 Å². The Balaban J connectivity index is 1.92. The summed E-state index contributed by atoms with van der Waals surface area (Å²) in [5, 5.41) is 3.51. The molecule has 2 aliphatic carbocycles. The second-order valence-corrected chi connectivity index (χ2v) is 8.56. The summed E-state index contributed by atoms with van der Waals surface area (Å²) < 4.78 is 0. The quantitative estimate of drug-likeness (QED) is 0.596. The molecule has 0 unspecified atom stereocenters. The van der Waals surface area contributed by atoms with E-state index in [9.17, 15) is 0 Å². The minimum absolute atomic E-state index is 0.393. The van der Waals surface area contributed by atoms with Gasteiger partial charge in [0.2, 0.25) is 0 Å². The van der Waals surface area contributed by atoms with Crippen molar-refractivity contribution in [3.63, 3.8) is 0 Å². The third kappa shape index (κ3) is 4.68. The molecule has 2 fully saturated rings. The van der Waals surface area contributed by atoms with Crippen molar-refractivity contribution in [2.45, 2.75) is 91.1 Å². The van der Waals surface area contributed by atoms with Crippen LogP contribution < -0.4 is 11.1 Å². The van der Waals surface area contributed by atoms with Gasteiger partial charge in [-0.15, -0.1) is 0 Å². The Morgan fingerprint density at radius 2 is 1.55 bits per heavy atom. The number of rotatable bonds is 2. The molecule has 2 saturated carbocycles. The average Bonchev–Trinajstić information content (AvgIpc) is 2.25. The van der Waals surface area contributed by atoms with Crippen LogP contribution >= 0.6 is 0 Å². The summed E-state index contributed by atoms with van der Waals surface area (Å²) in [6, 6.07) is 0.932. The number of guanidine groups is 1. The number of hydrogen-bond acceptors (Lipinski definition) is 1. The lowest BCUT2D eigenvalue weighted by Gasteiger charge is -2.45. The fraction of sp³-hybridized carbons (Fsp3) is 0.941. The minimum Gasteiger partial charge on any atom is -0.370 e. The molecule has 2 aliphatic rings. The zero-order valence-electron chi connectivity index (χ0n) is 13.8. The maximum Gasteiger partial charge on any atom is 0.189 e. The summed E-state index contributed by atoms with van der Waals surface area (Å²) in [5.74, 6) is 0.676. The highest BCUT2D eigenvalue weighted by molar-refractivity contribution is 5.78. The Labute approximate surface area is 124 Å². The summed E-state index contributed by atoms with van der Waals surface area (Å²) in [5.41, 5.74) is 6.94. The van der Waals surface area contributed by atoms with Crippen molar-refractivity contribution < 1.29 is 0 Å². The zero-order valence-corrected chi connectivity index (χ0v) is 13.8.